The molecule has 0 radical (unpaired) electrons. The smallest absolute Gasteiger partial charge is 0.278 e. The average molecular weight is 536 g/mol. The zero-order chi connectivity index (χ0) is 26.7. The average Bonchev–Trinajstić information content (AvgIpc) is 3.12. The third kappa shape index (κ3) is 7.70. The minimum Gasteiger partial charge on any atom is -0.350 e. The van der Waals surface area contributed by atoms with Crippen LogP contribution < -0.4 is 10.6 Å². The third-order valence-corrected chi connectivity index (χ3v) is 7.76. The summed E-state index contributed by atoms with van der Waals surface area (Å²) in [6, 6.07) is 16.8. The highest BCUT2D eigenvalue weighted by molar-refractivity contribution is 6.48. The molecular formula is C31H38ClN3O3. The molecule has 0 bridgehead atoms. The van der Waals surface area contributed by atoms with Crippen LogP contribution in [0.2, 0.25) is 0 Å². The van der Waals surface area contributed by atoms with Gasteiger partial charge in [0, 0.05) is 23.8 Å². The van der Waals surface area contributed by atoms with Crippen molar-refractivity contribution in [2.45, 2.75) is 83.1 Å². The molecule has 1 saturated carbocycles. The Bertz CT molecular complexity index is 1140. The highest BCUT2D eigenvalue weighted by atomic mass is 35.5. The first kappa shape index (κ1) is 27.9. The number of benzene rings is 2. The Balaban J connectivity index is 1.36. The summed E-state index contributed by atoms with van der Waals surface area (Å²) in [6.07, 6.45) is 13.8. The molecule has 3 amide bonds. The molecule has 6 nitrogen and oxygen atoms in total. The summed E-state index contributed by atoms with van der Waals surface area (Å²) in [5, 5.41) is 6.10. The van der Waals surface area contributed by atoms with Gasteiger partial charge in [-0.25, -0.2) is 0 Å². The number of halogens is 1. The molecule has 0 saturated heterocycles. The number of imide groups is 1. The SMILES string of the molecule is O=C(NC1CCCCCCCCCCC1)c1cccc(NC2=C(Cl)C(=O)N(CCc3ccccc3)C2=O)c1. The lowest BCUT2D eigenvalue weighted by Crippen LogP contribution is -2.35. The first-order valence-electron chi connectivity index (χ1n) is 14.0. The number of nitrogens with zero attached hydrogens (tertiary/aromatic N) is 1. The zero-order valence-electron chi connectivity index (χ0n) is 22.0. The van der Waals surface area contributed by atoms with Crippen LogP contribution in [0.25, 0.3) is 0 Å². The van der Waals surface area contributed by atoms with E-state index in [9.17, 15) is 14.4 Å². The van der Waals surface area contributed by atoms with E-state index in [1.54, 1.807) is 24.3 Å². The van der Waals surface area contributed by atoms with Gasteiger partial charge in [0.1, 0.15) is 10.7 Å². The second kappa shape index (κ2) is 14.1. The molecule has 2 aliphatic rings. The standard InChI is InChI=1S/C31H38ClN3O3/c32-27-28(31(38)35(30(27)37)21-20-23-14-9-8-10-15-23)33-26-19-13-16-24(22-26)29(36)34-25-17-11-6-4-2-1-3-5-7-12-18-25/h8-10,13-16,19,22,25,33H,1-7,11-12,17-18,20-21H2,(H,34,36). The fourth-order valence-electron chi connectivity index (χ4n) is 5.20. The van der Waals surface area contributed by atoms with Crippen LogP contribution in [-0.2, 0) is 16.0 Å². The quantitative estimate of drug-likeness (QED) is 0.393. The van der Waals surface area contributed by atoms with Gasteiger partial charge in [0.15, 0.2) is 0 Å². The molecule has 1 fully saturated rings. The lowest BCUT2D eigenvalue weighted by atomic mass is 9.97. The number of amides is 3. The number of nitrogens with one attached hydrogen (secondary N) is 2. The molecule has 2 N–H and O–H groups in total. The van der Waals surface area contributed by atoms with Crippen LogP contribution in [0, 0.1) is 0 Å². The lowest BCUT2D eigenvalue weighted by Gasteiger charge is -2.20. The van der Waals surface area contributed by atoms with E-state index < -0.39 is 11.8 Å². The topological polar surface area (TPSA) is 78.5 Å². The Labute approximate surface area is 230 Å². The van der Waals surface area contributed by atoms with Crippen molar-refractivity contribution in [2.75, 3.05) is 11.9 Å². The summed E-state index contributed by atoms with van der Waals surface area (Å²) in [5.41, 5.74) is 2.12. The van der Waals surface area contributed by atoms with Gasteiger partial charge in [0.25, 0.3) is 17.7 Å². The maximum absolute atomic E-state index is 13.1. The lowest BCUT2D eigenvalue weighted by molar-refractivity contribution is -0.137. The Kier molecular flexibility index (Phi) is 10.4. The first-order valence-corrected chi connectivity index (χ1v) is 14.4. The van der Waals surface area contributed by atoms with Crippen molar-refractivity contribution in [1.82, 2.24) is 10.2 Å². The minimum atomic E-state index is -0.508. The summed E-state index contributed by atoms with van der Waals surface area (Å²) < 4.78 is 0. The van der Waals surface area contributed by atoms with Gasteiger partial charge in [-0.15, -0.1) is 0 Å². The van der Waals surface area contributed by atoms with Crippen molar-refractivity contribution in [3.63, 3.8) is 0 Å². The first-order chi connectivity index (χ1) is 18.5. The molecule has 1 heterocycles. The second-order valence-electron chi connectivity index (χ2n) is 10.3. The van der Waals surface area contributed by atoms with Crippen molar-refractivity contribution in [2.24, 2.45) is 0 Å². The van der Waals surface area contributed by atoms with Gasteiger partial charge < -0.3 is 10.6 Å². The maximum atomic E-state index is 13.1. The number of hydrogen-bond donors (Lipinski definition) is 2. The zero-order valence-corrected chi connectivity index (χ0v) is 22.8. The Morgan fingerprint density at radius 2 is 1.45 bits per heavy atom. The molecule has 0 unspecified atom stereocenters. The van der Waals surface area contributed by atoms with E-state index in [0.29, 0.717) is 17.7 Å². The van der Waals surface area contributed by atoms with Crippen LogP contribution in [0.3, 0.4) is 0 Å². The van der Waals surface area contributed by atoms with Crippen LogP contribution in [-0.4, -0.2) is 35.2 Å². The van der Waals surface area contributed by atoms with E-state index >= 15 is 0 Å². The Hall–Kier alpha value is -3.12. The predicted molar refractivity (Wildman–Crippen MR) is 152 cm³/mol. The summed E-state index contributed by atoms with van der Waals surface area (Å²) in [6.45, 7) is 0.243. The van der Waals surface area contributed by atoms with E-state index in [1.165, 1.54) is 44.9 Å². The van der Waals surface area contributed by atoms with Gasteiger partial charge in [-0.3, -0.25) is 19.3 Å². The van der Waals surface area contributed by atoms with Gasteiger partial charge in [0.05, 0.1) is 0 Å². The van der Waals surface area contributed by atoms with E-state index in [2.05, 4.69) is 10.6 Å². The van der Waals surface area contributed by atoms with E-state index in [-0.39, 0.29) is 29.2 Å². The summed E-state index contributed by atoms with van der Waals surface area (Å²) in [5.74, 6) is -1.09. The number of carbonyl (C=O) groups is 3. The van der Waals surface area contributed by atoms with Crippen molar-refractivity contribution in [3.8, 4) is 0 Å². The molecule has 7 heteroatoms. The third-order valence-electron chi connectivity index (χ3n) is 7.41. The van der Waals surface area contributed by atoms with Gasteiger partial charge in [-0.2, -0.15) is 0 Å². The molecule has 0 spiro atoms. The molecule has 4 rings (SSSR count). The number of anilines is 1. The number of rotatable bonds is 7. The van der Waals surface area contributed by atoms with Gasteiger partial charge in [0.2, 0.25) is 0 Å². The maximum Gasteiger partial charge on any atom is 0.278 e. The highest BCUT2D eigenvalue weighted by Crippen LogP contribution is 2.26. The number of hydrogen-bond acceptors (Lipinski definition) is 4. The van der Waals surface area contributed by atoms with Gasteiger partial charge in [-0.1, -0.05) is 106 Å². The highest BCUT2D eigenvalue weighted by Gasteiger charge is 2.37. The summed E-state index contributed by atoms with van der Waals surface area (Å²) in [4.78, 5) is 40.0. The van der Waals surface area contributed by atoms with Gasteiger partial charge >= 0.3 is 0 Å². The monoisotopic (exact) mass is 535 g/mol. The van der Waals surface area contributed by atoms with Crippen molar-refractivity contribution < 1.29 is 14.4 Å². The molecule has 0 aromatic heterocycles. The molecule has 0 atom stereocenters. The predicted octanol–water partition coefficient (Wildman–Crippen LogP) is 6.56. The van der Waals surface area contributed by atoms with E-state index in [0.717, 1.165) is 36.1 Å². The van der Waals surface area contributed by atoms with Crippen LogP contribution in [0.5, 0.6) is 0 Å². The largest absolute Gasteiger partial charge is 0.350 e. The van der Waals surface area contributed by atoms with Crippen LogP contribution in [0.1, 0.15) is 86.6 Å². The minimum absolute atomic E-state index is 0.0432. The van der Waals surface area contributed by atoms with Crippen molar-refractivity contribution in [3.05, 3.63) is 76.5 Å². The molecular weight excluding hydrogens is 498 g/mol. The molecule has 2 aromatic carbocycles. The Morgan fingerprint density at radius 3 is 2.11 bits per heavy atom. The van der Waals surface area contributed by atoms with Crippen molar-refractivity contribution in [1.29, 1.82) is 0 Å². The summed E-state index contributed by atoms with van der Waals surface area (Å²) >= 11 is 6.28. The normalized spacial score (nSPS) is 18.2. The van der Waals surface area contributed by atoms with Crippen LogP contribution in [0.4, 0.5) is 5.69 Å². The fourth-order valence-corrected chi connectivity index (χ4v) is 5.43. The Morgan fingerprint density at radius 1 is 0.816 bits per heavy atom. The molecule has 202 valence electrons. The molecule has 2 aromatic rings. The number of carbonyl (C=O) groups excluding carboxylic acids is 3. The summed E-state index contributed by atoms with van der Waals surface area (Å²) in [7, 11) is 0. The van der Waals surface area contributed by atoms with Gasteiger partial charge in [-0.05, 0) is 43.0 Å². The van der Waals surface area contributed by atoms with Crippen LogP contribution >= 0.6 is 11.6 Å². The molecule has 38 heavy (non-hydrogen) atoms. The van der Waals surface area contributed by atoms with Crippen molar-refractivity contribution >= 4 is 35.0 Å². The van der Waals surface area contributed by atoms with E-state index in [1.807, 2.05) is 30.3 Å². The molecule has 1 aliphatic carbocycles. The van der Waals surface area contributed by atoms with E-state index in [4.69, 9.17) is 11.6 Å². The molecule has 1 aliphatic heterocycles. The second-order valence-corrected chi connectivity index (χ2v) is 10.7. The fraction of sp³-hybridized carbons (Fsp3) is 0.452. The van der Waals surface area contributed by atoms with Crippen LogP contribution in [0.15, 0.2) is 65.3 Å².